The largest absolute Gasteiger partial charge is 0.488 e. The highest BCUT2D eigenvalue weighted by atomic mass is 16.4. The molecule has 4 nitrogen and oxygen atoms in total. The summed E-state index contributed by atoms with van der Waals surface area (Å²) in [5.41, 5.74) is 2.01. The fourth-order valence-corrected chi connectivity index (χ4v) is 1.93. The average molecular weight is 282 g/mol. The Bertz CT molecular complexity index is 638. The van der Waals surface area contributed by atoms with Crippen molar-refractivity contribution in [3.63, 3.8) is 0 Å². The van der Waals surface area contributed by atoms with Gasteiger partial charge in [-0.05, 0) is 17.1 Å². The predicted molar refractivity (Wildman–Crippen MR) is 82.1 cm³/mol. The van der Waals surface area contributed by atoms with E-state index in [1.54, 1.807) is 42.5 Å². The van der Waals surface area contributed by atoms with E-state index >= 15 is 0 Å². The fraction of sp³-hybridized carbons (Fsp3) is 0.0625. The van der Waals surface area contributed by atoms with Crippen LogP contribution in [0.4, 0.5) is 0 Å². The summed E-state index contributed by atoms with van der Waals surface area (Å²) < 4.78 is 0. The summed E-state index contributed by atoms with van der Waals surface area (Å²) >= 11 is 0. The van der Waals surface area contributed by atoms with Crippen molar-refractivity contribution in [1.29, 1.82) is 0 Å². The zero-order chi connectivity index (χ0) is 15.2. The standard InChI is InChI=1S/C10H8O2.C6H7BO2/c11-9-6-5-7-3-1-2-4-8(7)10(9)12;8-7(9)6-4-2-1-3-5-6/h1-6,9,11H;1-5,8-9H. The lowest BCUT2D eigenvalue weighted by atomic mass is 9.81. The van der Waals surface area contributed by atoms with E-state index in [2.05, 4.69) is 0 Å². The second-order valence-corrected chi connectivity index (χ2v) is 4.54. The first-order chi connectivity index (χ1) is 10.1. The maximum atomic E-state index is 11.3. The van der Waals surface area contributed by atoms with E-state index in [9.17, 15) is 9.90 Å². The maximum absolute atomic E-state index is 11.3. The minimum atomic E-state index is -1.34. The number of carbonyl (C=O) groups excluding carboxylic acids is 1. The summed E-state index contributed by atoms with van der Waals surface area (Å²) in [6, 6.07) is 15.9. The molecule has 0 spiro atoms. The van der Waals surface area contributed by atoms with Crippen LogP contribution in [0.15, 0.2) is 60.7 Å². The molecule has 0 saturated carbocycles. The number of fused-ring (bicyclic) bond motifs is 1. The monoisotopic (exact) mass is 282 g/mol. The van der Waals surface area contributed by atoms with Gasteiger partial charge in [0, 0.05) is 5.56 Å². The van der Waals surface area contributed by atoms with Crippen molar-refractivity contribution in [3.8, 4) is 0 Å². The maximum Gasteiger partial charge on any atom is 0.488 e. The van der Waals surface area contributed by atoms with Crippen LogP contribution >= 0.6 is 0 Å². The van der Waals surface area contributed by atoms with E-state index in [1.807, 2.05) is 18.2 Å². The molecule has 3 rings (SSSR count). The normalized spacial score (nSPS) is 15.8. The van der Waals surface area contributed by atoms with Crippen LogP contribution in [0.2, 0.25) is 0 Å². The zero-order valence-corrected chi connectivity index (χ0v) is 11.3. The van der Waals surface area contributed by atoms with Crippen molar-refractivity contribution in [1.82, 2.24) is 0 Å². The quantitative estimate of drug-likeness (QED) is 0.670. The lowest BCUT2D eigenvalue weighted by Gasteiger charge is -2.12. The van der Waals surface area contributed by atoms with Gasteiger partial charge >= 0.3 is 7.12 Å². The lowest BCUT2D eigenvalue weighted by Crippen LogP contribution is -2.29. The second-order valence-electron chi connectivity index (χ2n) is 4.54. The number of carbonyl (C=O) groups is 1. The van der Waals surface area contributed by atoms with Crippen molar-refractivity contribution < 1.29 is 19.9 Å². The fourth-order valence-electron chi connectivity index (χ4n) is 1.93. The number of Topliss-reactive ketones (excluding diaryl/α,β-unsaturated/α-hetero) is 1. The number of benzene rings is 2. The first-order valence-corrected chi connectivity index (χ1v) is 6.50. The predicted octanol–water partition coefficient (Wildman–Crippen LogP) is 0.623. The molecule has 0 aromatic heterocycles. The molecule has 1 aliphatic carbocycles. The molecule has 1 aliphatic rings. The first kappa shape index (κ1) is 15.2. The number of aliphatic hydroxyl groups is 1. The Hall–Kier alpha value is -2.21. The van der Waals surface area contributed by atoms with Crippen molar-refractivity contribution in [2.24, 2.45) is 0 Å². The Morgan fingerprint density at radius 2 is 1.52 bits per heavy atom. The van der Waals surface area contributed by atoms with Gasteiger partial charge in [-0.2, -0.15) is 0 Å². The van der Waals surface area contributed by atoms with Crippen LogP contribution in [0.3, 0.4) is 0 Å². The number of rotatable bonds is 1. The molecule has 21 heavy (non-hydrogen) atoms. The third-order valence-electron chi connectivity index (χ3n) is 3.05. The molecule has 106 valence electrons. The molecule has 0 saturated heterocycles. The van der Waals surface area contributed by atoms with Crippen LogP contribution in [0, 0.1) is 0 Å². The summed E-state index contributed by atoms with van der Waals surface area (Å²) in [7, 11) is -1.34. The Balaban J connectivity index is 0.000000161. The molecule has 5 heteroatoms. The highest BCUT2D eigenvalue weighted by Crippen LogP contribution is 2.18. The highest BCUT2D eigenvalue weighted by Gasteiger charge is 2.19. The Morgan fingerprint density at radius 3 is 2.14 bits per heavy atom. The Labute approximate surface area is 123 Å². The van der Waals surface area contributed by atoms with Gasteiger partial charge in [0.25, 0.3) is 0 Å². The number of ketones is 1. The Kier molecular flexibility index (Phi) is 5.06. The molecule has 1 atom stereocenters. The lowest BCUT2D eigenvalue weighted by molar-refractivity contribution is 0.0818. The topological polar surface area (TPSA) is 77.8 Å². The van der Waals surface area contributed by atoms with Gasteiger partial charge < -0.3 is 15.2 Å². The van der Waals surface area contributed by atoms with Crippen molar-refractivity contribution >= 4 is 24.4 Å². The van der Waals surface area contributed by atoms with Gasteiger partial charge in [-0.1, -0.05) is 60.7 Å². The van der Waals surface area contributed by atoms with Gasteiger partial charge in [0.1, 0.15) is 6.10 Å². The third-order valence-corrected chi connectivity index (χ3v) is 3.05. The molecular weight excluding hydrogens is 267 g/mol. The van der Waals surface area contributed by atoms with Crippen LogP contribution in [0.1, 0.15) is 15.9 Å². The minimum absolute atomic E-state index is 0.215. The summed E-state index contributed by atoms with van der Waals surface area (Å²) in [6.07, 6.45) is 2.31. The highest BCUT2D eigenvalue weighted by molar-refractivity contribution is 6.58. The SMILES string of the molecule is O=C1c2ccccc2C=CC1O.OB(O)c1ccccc1. The molecule has 0 radical (unpaired) electrons. The van der Waals surface area contributed by atoms with Crippen LogP contribution in [-0.2, 0) is 0 Å². The number of aliphatic hydroxyl groups excluding tert-OH is 1. The van der Waals surface area contributed by atoms with Gasteiger partial charge in [0.2, 0.25) is 0 Å². The molecule has 0 fully saturated rings. The number of hydrogen-bond donors (Lipinski definition) is 3. The van der Waals surface area contributed by atoms with E-state index in [1.165, 1.54) is 6.08 Å². The zero-order valence-electron chi connectivity index (χ0n) is 11.3. The van der Waals surface area contributed by atoms with Crippen LogP contribution in [0.5, 0.6) is 0 Å². The van der Waals surface area contributed by atoms with Crippen LogP contribution in [0.25, 0.3) is 6.08 Å². The van der Waals surface area contributed by atoms with Crippen LogP contribution in [-0.4, -0.2) is 34.2 Å². The molecule has 0 heterocycles. The smallest absolute Gasteiger partial charge is 0.423 e. The average Bonchev–Trinajstić information content (AvgIpc) is 2.53. The summed E-state index contributed by atoms with van der Waals surface area (Å²) in [5, 5.41) is 26.3. The van der Waals surface area contributed by atoms with E-state index in [4.69, 9.17) is 10.0 Å². The van der Waals surface area contributed by atoms with Gasteiger partial charge in [-0.3, -0.25) is 4.79 Å². The molecule has 3 N–H and O–H groups in total. The molecular formula is C16H15BO4. The minimum Gasteiger partial charge on any atom is -0.423 e. The summed E-state index contributed by atoms with van der Waals surface area (Å²) in [4.78, 5) is 11.3. The van der Waals surface area contributed by atoms with Gasteiger partial charge in [0.15, 0.2) is 5.78 Å². The molecule has 0 bridgehead atoms. The third kappa shape index (κ3) is 3.89. The Morgan fingerprint density at radius 1 is 0.905 bits per heavy atom. The molecule has 1 unspecified atom stereocenters. The van der Waals surface area contributed by atoms with Crippen molar-refractivity contribution in [2.75, 3.05) is 0 Å². The van der Waals surface area contributed by atoms with Gasteiger partial charge in [0.05, 0.1) is 0 Å². The van der Waals surface area contributed by atoms with E-state index in [0.29, 0.717) is 11.0 Å². The molecule has 2 aromatic rings. The van der Waals surface area contributed by atoms with E-state index in [0.717, 1.165) is 5.56 Å². The second kappa shape index (κ2) is 6.99. The summed E-state index contributed by atoms with van der Waals surface area (Å²) in [6.45, 7) is 0. The molecule has 2 aromatic carbocycles. The van der Waals surface area contributed by atoms with Gasteiger partial charge in [-0.15, -0.1) is 0 Å². The molecule has 0 aliphatic heterocycles. The molecule has 0 amide bonds. The van der Waals surface area contributed by atoms with Gasteiger partial charge in [-0.25, -0.2) is 0 Å². The number of hydrogen-bond acceptors (Lipinski definition) is 4. The first-order valence-electron chi connectivity index (χ1n) is 6.50. The van der Waals surface area contributed by atoms with E-state index in [-0.39, 0.29) is 5.78 Å². The summed E-state index contributed by atoms with van der Waals surface area (Å²) in [5.74, 6) is -0.215. The van der Waals surface area contributed by atoms with Crippen molar-refractivity contribution in [3.05, 3.63) is 71.8 Å². The van der Waals surface area contributed by atoms with E-state index < -0.39 is 13.2 Å². The van der Waals surface area contributed by atoms with Crippen molar-refractivity contribution in [2.45, 2.75) is 6.10 Å². The van der Waals surface area contributed by atoms with Crippen LogP contribution < -0.4 is 5.46 Å².